The number of pyridine rings is 1. The summed E-state index contributed by atoms with van der Waals surface area (Å²) in [5, 5.41) is 0. The van der Waals surface area contributed by atoms with Gasteiger partial charge in [-0.15, -0.1) is 0 Å². The average Bonchev–Trinajstić information content (AvgIpc) is 2.45. The van der Waals surface area contributed by atoms with E-state index in [1.165, 1.54) is 6.92 Å². The maximum Gasteiger partial charge on any atom is 0.410 e. The Labute approximate surface area is 131 Å². The van der Waals surface area contributed by atoms with Crippen molar-refractivity contribution in [2.24, 2.45) is 0 Å². The molecule has 22 heavy (non-hydrogen) atoms. The van der Waals surface area contributed by atoms with Gasteiger partial charge < -0.3 is 14.5 Å². The number of amides is 1. The zero-order valence-electron chi connectivity index (χ0n) is 13.6. The molecule has 1 saturated heterocycles. The quantitative estimate of drug-likeness (QED) is 0.785. The first-order valence-electron chi connectivity index (χ1n) is 7.47. The fraction of sp³-hybridized carbons (Fsp3) is 0.562. The lowest BCUT2D eigenvalue weighted by Crippen LogP contribution is -2.50. The minimum atomic E-state index is -0.489. The summed E-state index contributed by atoms with van der Waals surface area (Å²) in [7, 11) is 0. The van der Waals surface area contributed by atoms with E-state index < -0.39 is 5.60 Å². The molecule has 1 fully saturated rings. The molecule has 6 nitrogen and oxygen atoms in total. The number of aromatic nitrogens is 1. The Kier molecular flexibility index (Phi) is 4.68. The maximum atomic E-state index is 12.0. The van der Waals surface area contributed by atoms with Gasteiger partial charge in [-0.3, -0.25) is 4.79 Å². The Hall–Kier alpha value is -2.11. The summed E-state index contributed by atoms with van der Waals surface area (Å²) >= 11 is 0. The first-order valence-corrected chi connectivity index (χ1v) is 7.47. The lowest BCUT2D eigenvalue weighted by molar-refractivity contribution is 0.0240. The van der Waals surface area contributed by atoms with Crippen LogP contribution in [0.3, 0.4) is 0 Å². The first kappa shape index (κ1) is 16.3. The van der Waals surface area contributed by atoms with Crippen LogP contribution in [0.4, 0.5) is 10.6 Å². The molecule has 0 saturated carbocycles. The Morgan fingerprint density at radius 2 is 1.82 bits per heavy atom. The van der Waals surface area contributed by atoms with Crippen molar-refractivity contribution in [2.45, 2.75) is 33.3 Å². The van der Waals surface area contributed by atoms with Crippen LogP contribution in [-0.4, -0.2) is 53.5 Å². The lowest BCUT2D eigenvalue weighted by atomic mass is 10.1. The predicted octanol–water partition coefficient (Wildman–Crippen LogP) is 2.34. The van der Waals surface area contributed by atoms with Crippen LogP contribution in [0.25, 0.3) is 0 Å². The third-order valence-corrected chi connectivity index (χ3v) is 3.40. The van der Waals surface area contributed by atoms with Gasteiger partial charge in [0.15, 0.2) is 5.78 Å². The molecule has 1 aliphatic rings. The van der Waals surface area contributed by atoms with Crippen molar-refractivity contribution in [1.82, 2.24) is 9.88 Å². The van der Waals surface area contributed by atoms with Crippen molar-refractivity contribution in [2.75, 3.05) is 31.1 Å². The van der Waals surface area contributed by atoms with Gasteiger partial charge in [0.1, 0.15) is 11.4 Å². The lowest BCUT2D eigenvalue weighted by Gasteiger charge is -2.36. The van der Waals surface area contributed by atoms with Crippen LogP contribution >= 0.6 is 0 Å². The first-order chi connectivity index (χ1) is 10.3. The molecule has 1 aromatic heterocycles. The van der Waals surface area contributed by atoms with E-state index in [1.807, 2.05) is 25.7 Å². The summed E-state index contributed by atoms with van der Waals surface area (Å²) in [6, 6.07) is 3.54. The van der Waals surface area contributed by atoms with E-state index in [2.05, 4.69) is 4.98 Å². The Morgan fingerprint density at radius 3 is 2.36 bits per heavy atom. The number of ketones is 1. The van der Waals surface area contributed by atoms with Crippen LogP contribution < -0.4 is 4.90 Å². The fourth-order valence-corrected chi connectivity index (χ4v) is 2.35. The highest BCUT2D eigenvalue weighted by molar-refractivity contribution is 5.98. The van der Waals surface area contributed by atoms with Gasteiger partial charge in [-0.05, 0) is 39.8 Å². The minimum Gasteiger partial charge on any atom is -0.444 e. The number of carbonyl (C=O) groups excluding carboxylic acids is 2. The van der Waals surface area contributed by atoms with Crippen molar-refractivity contribution in [3.63, 3.8) is 0 Å². The number of Topliss-reactive ketones (excluding diaryl/α,β-unsaturated/α-hetero) is 1. The SMILES string of the molecule is CC(=O)c1cccnc1N1CCN(C(=O)OC(C)(C)C)CC1. The predicted molar refractivity (Wildman–Crippen MR) is 84.3 cm³/mol. The summed E-state index contributed by atoms with van der Waals surface area (Å²) in [5.74, 6) is 0.691. The number of rotatable bonds is 2. The van der Waals surface area contributed by atoms with Crippen LogP contribution in [0.2, 0.25) is 0 Å². The van der Waals surface area contributed by atoms with Crippen molar-refractivity contribution in [1.29, 1.82) is 0 Å². The molecule has 0 unspecified atom stereocenters. The summed E-state index contributed by atoms with van der Waals surface area (Å²) < 4.78 is 5.38. The highest BCUT2D eigenvalue weighted by atomic mass is 16.6. The van der Waals surface area contributed by atoms with Crippen molar-refractivity contribution in [3.8, 4) is 0 Å². The number of hydrogen-bond acceptors (Lipinski definition) is 5. The molecule has 0 aromatic carbocycles. The molecule has 6 heteroatoms. The second-order valence-electron chi connectivity index (χ2n) is 6.39. The monoisotopic (exact) mass is 305 g/mol. The zero-order valence-corrected chi connectivity index (χ0v) is 13.6. The van der Waals surface area contributed by atoms with E-state index >= 15 is 0 Å². The Bertz CT molecular complexity index is 558. The van der Waals surface area contributed by atoms with Gasteiger partial charge in [0.2, 0.25) is 0 Å². The molecule has 2 rings (SSSR count). The molecular formula is C16H23N3O3. The van der Waals surface area contributed by atoms with Gasteiger partial charge in [0, 0.05) is 32.4 Å². The minimum absolute atomic E-state index is 0.00216. The second kappa shape index (κ2) is 6.34. The standard InChI is InChI=1S/C16H23N3O3/c1-12(20)13-6-5-7-17-14(13)18-8-10-19(11-9-18)15(21)22-16(2,3)4/h5-7H,8-11H2,1-4H3. The number of anilines is 1. The molecule has 0 radical (unpaired) electrons. The molecule has 0 spiro atoms. The fourth-order valence-electron chi connectivity index (χ4n) is 2.35. The number of piperazine rings is 1. The number of nitrogens with zero attached hydrogens (tertiary/aromatic N) is 3. The Morgan fingerprint density at radius 1 is 1.18 bits per heavy atom. The van der Waals surface area contributed by atoms with Gasteiger partial charge in [0.05, 0.1) is 5.56 Å². The van der Waals surface area contributed by atoms with E-state index in [4.69, 9.17) is 4.74 Å². The molecule has 1 aromatic rings. The number of carbonyl (C=O) groups is 2. The zero-order chi connectivity index (χ0) is 16.3. The third kappa shape index (κ3) is 3.96. The van der Waals surface area contributed by atoms with Gasteiger partial charge >= 0.3 is 6.09 Å². The van der Waals surface area contributed by atoms with Gasteiger partial charge in [-0.2, -0.15) is 0 Å². The summed E-state index contributed by atoms with van der Waals surface area (Å²) in [4.78, 5) is 31.8. The molecule has 0 aliphatic carbocycles. The number of hydrogen-bond donors (Lipinski definition) is 0. The Balaban J connectivity index is 2.01. The van der Waals surface area contributed by atoms with Crippen molar-refractivity contribution < 1.29 is 14.3 Å². The van der Waals surface area contributed by atoms with Gasteiger partial charge in [0.25, 0.3) is 0 Å². The van der Waals surface area contributed by atoms with Crippen LogP contribution in [-0.2, 0) is 4.74 Å². The van der Waals surface area contributed by atoms with E-state index in [0.29, 0.717) is 37.6 Å². The van der Waals surface area contributed by atoms with E-state index in [0.717, 1.165) is 0 Å². The molecule has 0 atom stereocenters. The number of ether oxygens (including phenoxy) is 1. The van der Waals surface area contributed by atoms with Crippen LogP contribution in [0.1, 0.15) is 38.1 Å². The summed E-state index contributed by atoms with van der Waals surface area (Å²) in [6.07, 6.45) is 1.39. The highest BCUT2D eigenvalue weighted by Crippen LogP contribution is 2.20. The summed E-state index contributed by atoms with van der Waals surface area (Å²) in [6.45, 7) is 9.49. The molecule has 1 amide bonds. The maximum absolute atomic E-state index is 12.0. The normalized spacial score (nSPS) is 15.6. The molecule has 0 N–H and O–H groups in total. The van der Waals surface area contributed by atoms with Crippen LogP contribution in [0.5, 0.6) is 0 Å². The van der Waals surface area contributed by atoms with Gasteiger partial charge in [-0.1, -0.05) is 0 Å². The van der Waals surface area contributed by atoms with Crippen molar-refractivity contribution in [3.05, 3.63) is 23.9 Å². The average molecular weight is 305 g/mol. The third-order valence-electron chi connectivity index (χ3n) is 3.40. The molecule has 2 heterocycles. The molecular weight excluding hydrogens is 282 g/mol. The van der Waals surface area contributed by atoms with Crippen LogP contribution in [0.15, 0.2) is 18.3 Å². The smallest absolute Gasteiger partial charge is 0.410 e. The molecule has 0 bridgehead atoms. The summed E-state index contributed by atoms with van der Waals surface area (Å²) in [5.41, 5.74) is 0.130. The van der Waals surface area contributed by atoms with Crippen LogP contribution in [0, 0.1) is 0 Å². The second-order valence-corrected chi connectivity index (χ2v) is 6.39. The van der Waals surface area contributed by atoms with Crippen molar-refractivity contribution >= 4 is 17.7 Å². The molecule has 120 valence electrons. The highest BCUT2D eigenvalue weighted by Gasteiger charge is 2.27. The largest absolute Gasteiger partial charge is 0.444 e. The van der Waals surface area contributed by atoms with E-state index in [9.17, 15) is 9.59 Å². The topological polar surface area (TPSA) is 62.7 Å². The van der Waals surface area contributed by atoms with E-state index in [-0.39, 0.29) is 11.9 Å². The van der Waals surface area contributed by atoms with E-state index in [1.54, 1.807) is 23.2 Å². The van der Waals surface area contributed by atoms with Gasteiger partial charge in [-0.25, -0.2) is 9.78 Å². The molecule has 1 aliphatic heterocycles.